The van der Waals surface area contributed by atoms with Gasteiger partial charge in [0.15, 0.2) is 0 Å². The van der Waals surface area contributed by atoms with E-state index in [1.54, 1.807) is 7.11 Å². The highest BCUT2D eigenvalue weighted by Gasteiger charge is 2.05. The molecule has 0 aromatic carbocycles. The average Bonchev–Trinajstić information content (AvgIpc) is 2.39. The lowest BCUT2D eigenvalue weighted by Gasteiger charge is -2.17. The smallest absolute Gasteiger partial charge is 0.0701 e. The molecule has 0 saturated heterocycles. The summed E-state index contributed by atoms with van der Waals surface area (Å²) in [4.78, 5) is 0. The standard InChI is InChI=1S/C14H31NO3/c1-4-7-14(15-8-5-2)13-18-12-11-17-10-6-9-16-3/h14-15H,4-13H2,1-3H3. The molecule has 0 aliphatic heterocycles. The Balaban J connectivity index is 3.31. The molecule has 0 fully saturated rings. The molecule has 0 amide bonds. The van der Waals surface area contributed by atoms with E-state index in [2.05, 4.69) is 19.2 Å². The van der Waals surface area contributed by atoms with Gasteiger partial charge in [0, 0.05) is 26.4 Å². The highest BCUT2D eigenvalue weighted by atomic mass is 16.5. The van der Waals surface area contributed by atoms with Gasteiger partial charge in [0.1, 0.15) is 0 Å². The van der Waals surface area contributed by atoms with E-state index in [4.69, 9.17) is 14.2 Å². The number of ether oxygens (including phenoxy) is 3. The normalized spacial score (nSPS) is 12.8. The summed E-state index contributed by atoms with van der Waals surface area (Å²) in [5.41, 5.74) is 0. The summed E-state index contributed by atoms with van der Waals surface area (Å²) in [6, 6.07) is 0.489. The summed E-state index contributed by atoms with van der Waals surface area (Å²) in [5, 5.41) is 3.51. The van der Waals surface area contributed by atoms with Crippen molar-refractivity contribution >= 4 is 0 Å². The molecule has 0 spiro atoms. The fourth-order valence-corrected chi connectivity index (χ4v) is 1.69. The van der Waals surface area contributed by atoms with Gasteiger partial charge in [0.05, 0.1) is 19.8 Å². The highest BCUT2D eigenvalue weighted by molar-refractivity contribution is 4.64. The minimum absolute atomic E-state index is 0.489. The molecule has 0 bridgehead atoms. The lowest BCUT2D eigenvalue weighted by molar-refractivity contribution is 0.0318. The number of hydrogen-bond acceptors (Lipinski definition) is 4. The third-order valence-corrected chi connectivity index (χ3v) is 2.65. The van der Waals surface area contributed by atoms with Gasteiger partial charge in [-0.05, 0) is 25.8 Å². The van der Waals surface area contributed by atoms with Gasteiger partial charge in [-0.1, -0.05) is 20.3 Å². The van der Waals surface area contributed by atoms with Crippen LogP contribution in [0.25, 0.3) is 0 Å². The van der Waals surface area contributed by atoms with Crippen molar-refractivity contribution in [2.45, 2.75) is 45.6 Å². The largest absolute Gasteiger partial charge is 0.385 e. The molecule has 0 rings (SSSR count). The molecule has 4 heteroatoms. The van der Waals surface area contributed by atoms with Crippen LogP contribution in [0.5, 0.6) is 0 Å². The average molecular weight is 261 g/mol. The van der Waals surface area contributed by atoms with E-state index < -0.39 is 0 Å². The Hall–Kier alpha value is -0.160. The van der Waals surface area contributed by atoms with E-state index >= 15 is 0 Å². The Morgan fingerprint density at radius 1 is 0.944 bits per heavy atom. The maximum absolute atomic E-state index is 5.63. The zero-order valence-corrected chi connectivity index (χ0v) is 12.4. The van der Waals surface area contributed by atoms with Crippen LogP contribution in [0.3, 0.4) is 0 Å². The van der Waals surface area contributed by atoms with Crippen LogP contribution in [0, 0.1) is 0 Å². The number of nitrogens with one attached hydrogen (secondary N) is 1. The minimum Gasteiger partial charge on any atom is -0.385 e. The Labute approximate surface area is 112 Å². The Bertz CT molecular complexity index is 156. The van der Waals surface area contributed by atoms with E-state index in [1.165, 1.54) is 19.3 Å². The van der Waals surface area contributed by atoms with Crippen molar-refractivity contribution in [1.29, 1.82) is 0 Å². The van der Waals surface area contributed by atoms with E-state index in [0.29, 0.717) is 19.3 Å². The second kappa shape index (κ2) is 14.9. The van der Waals surface area contributed by atoms with Gasteiger partial charge in [-0.2, -0.15) is 0 Å². The topological polar surface area (TPSA) is 39.7 Å². The first-order valence-corrected chi connectivity index (χ1v) is 7.22. The summed E-state index contributed by atoms with van der Waals surface area (Å²) < 4.78 is 16.0. The SMILES string of the molecule is CCCNC(CCC)COCCOCCCOC. The van der Waals surface area contributed by atoms with Gasteiger partial charge in [-0.3, -0.25) is 0 Å². The fraction of sp³-hybridized carbons (Fsp3) is 1.00. The van der Waals surface area contributed by atoms with Crippen LogP contribution < -0.4 is 5.32 Å². The Kier molecular flexibility index (Phi) is 14.8. The van der Waals surface area contributed by atoms with Crippen molar-refractivity contribution in [2.24, 2.45) is 0 Å². The maximum atomic E-state index is 5.63. The van der Waals surface area contributed by atoms with Gasteiger partial charge in [-0.15, -0.1) is 0 Å². The monoisotopic (exact) mass is 261 g/mol. The molecule has 1 unspecified atom stereocenters. The summed E-state index contributed by atoms with van der Waals surface area (Å²) in [7, 11) is 1.71. The molecule has 0 aromatic heterocycles. The van der Waals surface area contributed by atoms with Crippen LogP contribution in [-0.4, -0.2) is 52.7 Å². The molecule has 0 heterocycles. The molecular formula is C14H31NO3. The molecule has 0 aliphatic carbocycles. The third kappa shape index (κ3) is 12.3. The summed E-state index contributed by atoms with van der Waals surface area (Å²) in [5.74, 6) is 0. The van der Waals surface area contributed by atoms with Crippen molar-refractivity contribution in [3.8, 4) is 0 Å². The highest BCUT2D eigenvalue weighted by Crippen LogP contribution is 1.98. The van der Waals surface area contributed by atoms with Gasteiger partial charge < -0.3 is 19.5 Å². The zero-order chi connectivity index (χ0) is 13.5. The van der Waals surface area contributed by atoms with Gasteiger partial charge in [-0.25, -0.2) is 0 Å². The van der Waals surface area contributed by atoms with Crippen LogP contribution in [0.1, 0.15) is 39.5 Å². The molecule has 0 aromatic rings. The molecule has 4 nitrogen and oxygen atoms in total. The lowest BCUT2D eigenvalue weighted by Crippen LogP contribution is -2.34. The van der Waals surface area contributed by atoms with Crippen molar-refractivity contribution in [3.63, 3.8) is 0 Å². The Morgan fingerprint density at radius 3 is 2.39 bits per heavy atom. The summed E-state index contributed by atoms with van der Waals surface area (Å²) in [6.07, 6.45) is 4.49. The van der Waals surface area contributed by atoms with Crippen molar-refractivity contribution in [1.82, 2.24) is 5.32 Å². The first-order chi connectivity index (χ1) is 8.85. The molecule has 0 aliphatic rings. The molecule has 0 saturated carbocycles. The Morgan fingerprint density at radius 2 is 1.72 bits per heavy atom. The number of rotatable bonds is 14. The quantitative estimate of drug-likeness (QED) is 0.487. The first kappa shape index (κ1) is 17.8. The molecule has 18 heavy (non-hydrogen) atoms. The van der Waals surface area contributed by atoms with Crippen LogP contribution in [0.4, 0.5) is 0 Å². The van der Waals surface area contributed by atoms with Crippen molar-refractivity contribution < 1.29 is 14.2 Å². The lowest BCUT2D eigenvalue weighted by atomic mass is 10.2. The fourth-order valence-electron chi connectivity index (χ4n) is 1.69. The molecular weight excluding hydrogens is 230 g/mol. The minimum atomic E-state index is 0.489. The third-order valence-electron chi connectivity index (χ3n) is 2.65. The number of hydrogen-bond donors (Lipinski definition) is 1. The first-order valence-electron chi connectivity index (χ1n) is 7.22. The molecule has 1 atom stereocenters. The van der Waals surface area contributed by atoms with Gasteiger partial charge in [0.2, 0.25) is 0 Å². The predicted octanol–water partition coefficient (Wildman–Crippen LogP) is 2.22. The number of methoxy groups -OCH3 is 1. The second-order valence-corrected chi connectivity index (χ2v) is 4.47. The zero-order valence-electron chi connectivity index (χ0n) is 12.4. The predicted molar refractivity (Wildman–Crippen MR) is 75.1 cm³/mol. The molecule has 110 valence electrons. The van der Waals surface area contributed by atoms with E-state index in [-0.39, 0.29) is 0 Å². The van der Waals surface area contributed by atoms with E-state index in [9.17, 15) is 0 Å². The molecule has 1 N–H and O–H groups in total. The van der Waals surface area contributed by atoms with Crippen molar-refractivity contribution in [3.05, 3.63) is 0 Å². The maximum Gasteiger partial charge on any atom is 0.0701 e. The van der Waals surface area contributed by atoms with Gasteiger partial charge in [0.25, 0.3) is 0 Å². The van der Waals surface area contributed by atoms with Gasteiger partial charge >= 0.3 is 0 Å². The van der Waals surface area contributed by atoms with E-state index in [1.807, 2.05) is 0 Å². The second-order valence-electron chi connectivity index (χ2n) is 4.47. The summed E-state index contributed by atoms with van der Waals surface area (Å²) >= 11 is 0. The van der Waals surface area contributed by atoms with Crippen molar-refractivity contribution in [2.75, 3.05) is 46.7 Å². The van der Waals surface area contributed by atoms with Crippen LogP contribution in [-0.2, 0) is 14.2 Å². The summed E-state index contributed by atoms with van der Waals surface area (Å²) in [6.45, 7) is 9.13. The van der Waals surface area contributed by atoms with Crippen LogP contribution >= 0.6 is 0 Å². The van der Waals surface area contributed by atoms with E-state index in [0.717, 1.165) is 32.8 Å². The van der Waals surface area contributed by atoms with Crippen LogP contribution in [0.15, 0.2) is 0 Å². The molecule has 0 radical (unpaired) electrons. The van der Waals surface area contributed by atoms with Crippen LogP contribution in [0.2, 0.25) is 0 Å².